The minimum atomic E-state index is -0.309. The van der Waals surface area contributed by atoms with Gasteiger partial charge >= 0.3 is 0 Å². The molecule has 0 aromatic heterocycles. The molecule has 0 fully saturated rings. The average molecular weight is 329 g/mol. The lowest BCUT2D eigenvalue weighted by Gasteiger charge is -2.27. The van der Waals surface area contributed by atoms with Crippen molar-refractivity contribution in [1.82, 2.24) is 0 Å². The number of hydrogen-bond acceptors (Lipinski definition) is 3. The third-order valence-corrected chi connectivity index (χ3v) is 4.01. The number of nitrogens with one attached hydrogen (secondary N) is 1. The van der Waals surface area contributed by atoms with Crippen LogP contribution in [0.4, 0.5) is 10.1 Å². The molecule has 2 aromatic rings. The van der Waals surface area contributed by atoms with Gasteiger partial charge in [-0.15, -0.1) is 0 Å². The second-order valence-electron chi connectivity index (χ2n) is 5.61. The topological polar surface area (TPSA) is 47.6 Å². The van der Waals surface area contributed by atoms with Gasteiger partial charge in [-0.2, -0.15) is 0 Å². The molecule has 24 heavy (non-hydrogen) atoms. The van der Waals surface area contributed by atoms with E-state index in [1.165, 1.54) is 12.1 Å². The summed E-state index contributed by atoms with van der Waals surface area (Å²) < 4.78 is 24.9. The molecule has 0 spiro atoms. The molecule has 1 unspecified atom stereocenters. The van der Waals surface area contributed by atoms with Crippen molar-refractivity contribution < 1.29 is 18.7 Å². The fourth-order valence-corrected chi connectivity index (χ4v) is 3.03. The first-order chi connectivity index (χ1) is 11.6. The summed E-state index contributed by atoms with van der Waals surface area (Å²) in [7, 11) is 0. The zero-order valence-corrected chi connectivity index (χ0v) is 13.8. The van der Waals surface area contributed by atoms with Crippen LogP contribution in [0.25, 0.3) is 0 Å². The Hall–Kier alpha value is -2.56. The SMILES string of the molecule is CCOc1cc2c(cc1OCC)C(c1cccc(F)c1)CC(=O)N2. The number of anilines is 1. The summed E-state index contributed by atoms with van der Waals surface area (Å²) in [6, 6.07) is 10.1. The standard InChI is InChI=1S/C19H20FNO3/c1-3-23-17-9-15-14(12-6-5-7-13(20)8-12)10-19(22)21-16(15)11-18(17)24-4-2/h5-9,11,14H,3-4,10H2,1-2H3,(H,21,22). The molecule has 0 saturated carbocycles. The van der Waals surface area contributed by atoms with Gasteiger partial charge in [-0.05, 0) is 43.2 Å². The predicted molar refractivity (Wildman–Crippen MR) is 90.3 cm³/mol. The van der Waals surface area contributed by atoms with E-state index in [2.05, 4.69) is 5.32 Å². The Morgan fingerprint density at radius 3 is 2.50 bits per heavy atom. The fourth-order valence-electron chi connectivity index (χ4n) is 3.03. The third-order valence-electron chi connectivity index (χ3n) is 4.01. The Labute approximate surface area is 140 Å². The molecule has 1 aliphatic heterocycles. The Kier molecular flexibility index (Phi) is 4.69. The van der Waals surface area contributed by atoms with E-state index >= 15 is 0 Å². The lowest BCUT2D eigenvalue weighted by atomic mass is 9.84. The van der Waals surface area contributed by atoms with E-state index in [1.54, 1.807) is 12.1 Å². The smallest absolute Gasteiger partial charge is 0.225 e. The number of fused-ring (bicyclic) bond motifs is 1. The van der Waals surface area contributed by atoms with E-state index in [1.807, 2.05) is 26.0 Å². The number of amides is 1. The van der Waals surface area contributed by atoms with E-state index < -0.39 is 0 Å². The molecule has 0 radical (unpaired) electrons. The van der Waals surface area contributed by atoms with E-state index in [0.717, 1.165) is 11.1 Å². The van der Waals surface area contributed by atoms with Gasteiger partial charge in [-0.3, -0.25) is 4.79 Å². The van der Waals surface area contributed by atoms with Gasteiger partial charge in [-0.25, -0.2) is 4.39 Å². The molecular weight excluding hydrogens is 309 g/mol. The lowest BCUT2D eigenvalue weighted by Crippen LogP contribution is -2.23. The van der Waals surface area contributed by atoms with Crippen LogP contribution >= 0.6 is 0 Å². The van der Waals surface area contributed by atoms with Crippen molar-refractivity contribution in [3.63, 3.8) is 0 Å². The number of rotatable bonds is 5. The molecule has 126 valence electrons. The minimum absolute atomic E-state index is 0.0941. The number of hydrogen-bond donors (Lipinski definition) is 1. The van der Waals surface area contributed by atoms with Gasteiger partial charge in [0.05, 0.1) is 13.2 Å². The van der Waals surface area contributed by atoms with E-state index in [-0.39, 0.29) is 24.1 Å². The monoisotopic (exact) mass is 329 g/mol. The second-order valence-corrected chi connectivity index (χ2v) is 5.61. The van der Waals surface area contributed by atoms with Crippen LogP contribution < -0.4 is 14.8 Å². The highest BCUT2D eigenvalue weighted by Crippen LogP contribution is 2.43. The zero-order valence-electron chi connectivity index (χ0n) is 13.8. The molecule has 0 saturated heterocycles. The minimum Gasteiger partial charge on any atom is -0.490 e. The number of benzene rings is 2. The predicted octanol–water partition coefficient (Wildman–Crippen LogP) is 4.10. The highest BCUT2D eigenvalue weighted by atomic mass is 19.1. The van der Waals surface area contributed by atoms with Crippen LogP contribution in [-0.4, -0.2) is 19.1 Å². The van der Waals surface area contributed by atoms with E-state index in [4.69, 9.17) is 9.47 Å². The van der Waals surface area contributed by atoms with Crippen molar-refractivity contribution in [2.45, 2.75) is 26.2 Å². The number of carbonyl (C=O) groups is 1. The Morgan fingerprint density at radius 1 is 1.12 bits per heavy atom. The average Bonchev–Trinajstić information content (AvgIpc) is 2.55. The van der Waals surface area contributed by atoms with Gasteiger partial charge in [0.1, 0.15) is 5.82 Å². The van der Waals surface area contributed by atoms with Crippen LogP contribution in [0, 0.1) is 5.82 Å². The van der Waals surface area contributed by atoms with Crippen molar-refractivity contribution in [3.05, 3.63) is 53.3 Å². The highest BCUT2D eigenvalue weighted by Gasteiger charge is 2.28. The number of carbonyl (C=O) groups excluding carboxylic acids is 1. The van der Waals surface area contributed by atoms with Gasteiger partial charge in [0.2, 0.25) is 5.91 Å². The van der Waals surface area contributed by atoms with Crippen LogP contribution in [0.3, 0.4) is 0 Å². The Morgan fingerprint density at radius 2 is 1.83 bits per heavy atom. The molecule has 5 heteroatoms. The van der Waals surface area contributed by atoms with E-state index in [9.17, 15) is 9.18 Å². The molecule has 2 aromatic carbocycles. The summed E-state index contributed by atoms with van der Waals surface area (Å²) >= 11 is 0. The van der Waals surface area contributed by atoms with Crippen LogP contribution in [0.15, 0.2) is 36.4 Å². The Balaban J connectivity index is 2.10. The van der Waals surface area contributed by atoms with E-state index in [0.29, 0.717) is 30.4 Å². The summed E-state index contributed by atoms with van der Waals surface area (Å²) in [6.45, 7) is 4.81. The summed E-state index contributed by atoms with van der Waals surface area (Å²) in [6.07, 6.45) is 0.274. The Bertz CT molecular complexity index is 760. The molecule has 4 nitrogen and oxygen atoms in total. The maximum Gasteiger partial charge on any atom is 0.225 e. The van der Waals surface area contributed by atoms with Gasteiger partial charge in [-0.1, -0.05) is 12.1 Å². The summed E-state index contributed by atoms with van der Waals surface area (Å²) in [5.74, 6) is 0.618. The van der Waals surface area contributed by atoms with Gasteiger partial charge in [0.25, 0.3) is 0 Å². The number of ether oxygens (including phenoxy) is 2. The van der Waals surface area contributed by atoms with Crippen molar-refractivity contribution in [2.75, 3.05) is 18.5 Å². The van der Waals surface area contributed by atoms with Crippen molar-refractivity contribution in [1.29, 1.82) is 0 Å². The maximum atomic E-state index is 13.6. The fraction of sp³-hybridized carbons (Fsp3) is 0.316. The highest BCUT2D eigenvalue weighted by molar-refractivity contribution is 5.96. The quantitative estimate of drug-likeness (QED) is 0.898. The first-order valence-corrected chi connectivity index (χ1v) is 8.11. The van der Waals surface area contributed by atoms with Crippen molar-refractivity contribution in [3.8, 4) is 11.5 Å². The molecule has 3 rings (SSSR count). The second kappa shape index (κ2) is 6.91. The van der Waals surface area contributed by atoms with Crippen LogP contribution in [0.1, 0.15) is 37.3 Å². The molecule has 1 aliphatic rings. The van der Waals surface area contributed by atoms with Crippen LogP contribution in [0.5, 0.6) is 11.5 Å². The molecule has 0 bridgehead atoms. The molecule has 1 atom stereocenters. The summed E-state index contributed by atoms with van der Waals surface area (Å²) in [5.41, 5.74) is 2.37. The number of halogens is 1. The van der Waals surface area contributed by atoms with Crippen molar-refractivity contribution in [2.24, 2.45) is 0 Å². The molecule has 0 aliphatic carbocycles. The normalized spacial score (nSPS) is 16.3. The first-order valence-electron chi connectivity index (χ1n) is 8.11. The van der Waals surface area contributed by atoms with Gasteiger partial charge in [0.15, 0.2) is 11.5 Å². The molecule has 1 N–H and O–H groups in total. The largest absolute Gasteiger partial charge is 0.490 e. The first kappa shape index (κ1) is 16.3. The maximum absolute atomic E-state index is 13.6. The van der Waals surface area contributed by atoms with Crippen molar-refractivity contribution >= 4 is 11.6 Å². The molecular formula is C19H20FNO3. The lowest BCUT2D eigenvalue weighted by molar-refractivity contribution is -0.116. The molecule has 1 heterocycles. The van der Waals surface area contributed by atoms with Gasteiger partial charge in [0, 0.05) is 24.1 Å². The summed E-state index contributed by atoms with van der Waals surface area (Å²) in [5, 5.41) is 2.87. The third kappa shape index (κ3) is 3.20. The summed E-state index contributed by atoms with van der Waals surface area (Å²) in [4.78, 5) is 12.1. The zero-order chi connectivity index (χ0) is 17.1. The van der Waals surface area contributed by atoms with Crippen LogP contribution in [-0.2, 0) is 4.79 Å². The van der Waals surface area contributed by atoms with Gasteiger partial charge < -0.3 is 14.8 Å². The van der Waals surface area contributed by atoms with Crippen LogP contribution in [0.2, 0.25) is 0 Å². The molecule has 1 amide bonds.